The molecule has 10 heteroatoms. The summed E-state index contributed by atoms with van der Waals surface area (Å²) in [5.74, 6) is 5.46. The largest absolute Gasteiger partial charge is 0.497 e. The van der Waals surface area contributed by atoms with Gasteiger partial charge in [0.05, 0.1) is 53.9 Å². The molecule has 1 aliphatic rings. The van der Waals surface area contributed by atoms with E-state index >= 15 is 0 Å². The standard InChI is InChI=1S/C10H14O3.C10H14O2.C9H10O2.C9H12O2.C8H10O/c1-7(11)8-4-5-9(12-2)10(6-8)13-3;1-4-8-5-6-9(11-2)10(7-8)12-3;1-2-7-3-4-8-9(5-7)11-6-10-8;1-7(10)8-3-5-9(11-2)6-4-8;1-7(9)8-5-3-2-4-6-8/h4-7,11H,1-3H3;5-7H,4H2,1-3H3;3-5H,2,6H2,1H3;3-7,10H,1-2H3;2-7,9H,1H3. The summed E-state index contributed by atoms with van der Waals surface area (Å²) >= 11 is 0. The lowest BCUT2D eigenvalue weighted by Crippen LogP contribution is -1.95. The summed E-state index contributed by atoms with van der Waals surface area (Å²) in [5, 5.41) is 27.5. The fourth-order valence-corrected chi connectivity index (χ4v) is 4.99. The van der Waals surface area contributed by atoms with Crippen molar-refractivity contribution in [2.24, 2.45) is 0 Å². The molecule has 5 aromatic carbocycles. The van der Waals surface area contributed by atoms with E-state index in [2.05, 4.69) is 19.9 Å². The van der Waals surface area contributed by atoms with Gasteiger partial charge in [0.25, 0.3) is 0 Å². The smallest absolute Gasteiger partial charge is 0.231 e. The third-order valence-electron chi connectivity index (χ3n) is 8.47. The van der Waals surface area contributed by atoms with Crippen molar-refractivity contribution in [3.63, 3.8) is 0 Å². The number of aryl methyl sites for hydroxylation is 2. The van der Waals surface area contributed by atoms with Crippen LogP contribution in [0.5, 0.6) is 40.2 Å². The normalized spacial score (nSPS) is 12.2. The number of hydrogen-bond donors (Lipinski definition) is 3. The zero-order valence-electron chi connectivity index (χ0n) is 34.4. The molecule has 3 atom stereocenters. The molecule has 0 aliphatic carbocycles. The summed E-state index contributed by atoms with van der Waals surface area (Å²) in [4.78, 5) is 0. The van der Waals surface area contributed by atoms with E-state index in [1.807, 2.05) is 91.0 Å². The Kier molecular flexibility index (Phi) is 21.4. The van der Waals surface area contributed by atoms with Gasteiger partial charge in [-0.2, -0.15) is 0 Å². The predicted molar refractivity (Wildman–Crippen MR) is 222 cm³/mol. The number of hydrogen-bond acceptors (Lipinski definition) is 10. The number of rotatable bonds is 10. The summed E-state index contributed by atoms with van der Waals surface area (Å²) in [6.07, 6.45) is 0.823. The van der Waals surface area contributed by atoms with Gasteiger partial charge in [0, 0.05) is 0 Å². The first-order chi connectivity index (χ1) is 26.9. The molecule has 0 saturated carbocycles. The number of fused-ring (bicyclic) bond motifs is 1. The summed E-state index contributed by atoms with van der Waals surface area (Å²) in [7, 11) is 8.07. The zero-order chi connectivity index (χ0) is 41.5. The second-order valence-electron chi connectivity index (χ2n) is 12.4. The van der Waals surface area contributed by atoms with Gasteiger partial charge >= 0.3 is 0 Å². The molecule has 0 spiro atoms. The van der Waals surface area contributed by atoms with E-state index in [0.717, 1.165) is 58.3 Å². The molecule has 6 rings (SSSR count). The van der Waals surface area contributed by atoms with Crippen LogP contribution in [0.3, 0.4) is 0 Å². The summed E-state index contributed by atoms with van der Waals surface area (Å²) in [5.41, 5.74) is 5.24. The van der Waals surface area contributed by atoms with E-state index in [9.17, 15) is 5.11 Å². The van der Waals surface area contributed by atoms with Crippen LogP contribution >= 0.6 is 0 Å². The Morgan fingerprint density at radius 2 is 0.911 bits per heavy atom. The minimum atomic E-state index is -0.486. The van der Waals surface area contributed by atoms with Gasteiger partial charge in [-0.1, -0.05) is 74.5 Å². The average molecular weight is 773 g/mol. The minimum Gasteiger partial charge on any atom is -0.497 e. The van der Waals surface area contributed by atoms with E-state index in [0.29, 0.717) is 18.3 Å². The highest BCUT2D eigenvalue weighted by Crippen LogP contribution is 2.33. The van der Waals surface area contributed by atoms with E-state index in [1.54, 1.807) is 68.5 Å². The Morgan fingerprint density at radius 1 is 0.464 bits per heavy atom. The van der Waals surface area contributed by atoms with Crippen LogP contribution in [0.15, 0.2) is 109 Å². The second-order valence-corrected chi connectivity index (χ2v) is 12.4. The van der Waals surface area contributed by atoms with Gasteiger partial charge in [-0.05, 0) is 110 Å². The van der Waals surface area contributed by atoms with Crippen molar-refractivity contribution in [1.29, 1.82) is 0 Å². The lowest BCUT2D eigenvalue weighted by molar-refractivity contribution is 0.174. The molecule has 0 aromatic heterocycles. The Hall–Kier alpha value is -5.42. The summed E-state index contributed by atoms with van der Waals surface area (Å²) < 4.78 is 35.8. The van der Waals surface area contributed by atoms with Gasteiger partial charge in [-0.25, -0.2) is 0 Å². The lowest BCUT2D eigenvalue weighted by Gasteiger charge is -2.10. The summed E-state index contributed by atoms with van der Waals surface area (Å²) in [6.45, 7) is 9.81. The Balaban J connectivity index is 0.000000243. The molecule has 0 bridgehead atoms. The van der Waals surface area contributed by atoms with Gasteiger partial charge in [-0.3, -0.25) is 0 Å². The number of methoxy groups -OCH3 is 5. The van der Waals surface area contributed by atoms with E-state index < -0.39 is 12.2 Å². The molecule has 0 radical (unpaired) electrons. The van der Waals surface area contributed by atoms with Crippen molar-refractivity contribution < 1.29 is 48.5 Å². The Morgan fingerprint density at radius 3 is 1.39 bits per heavy atom. The highest BCUT2D eigenvalue weighted by molar-refractivity contribution is 5.45. The molecule has 304 valence electrons. The lowest BCUT2D eigenvalue weighted by atomic mass is 10.1. The van der Waals surface area contributed by atoms with E-state index in [4.69, 9.17) is 43.4 Å². The molecule has 0 amide bonds. The maximum atomic E-state index is 9.31. The molecule has 10 nitrogen and oxygen atoms in total. The summed E-state index contributed by atoms with van der Waals surface area (Å²) in [6, 6.07) is 34.3. The number of benzene rings is 5. The van der Waals surface area contributed by atoms with Crippen LogP contribution in [0.4, 0.5) is 0 Å². The van der Waals surface area contributed by atoms with Crippen LogP contribution in [0.2, 0.25) is 0 Å². The molecule has 0 saturated heterocycles. The van der Waals surface area contributed by atoms with Gasteiger partial charge in [0.1, 0.15) is 5.75 Å². The molecule has 1 heterocycles. The van der Waals surface area contributed by atoms with Crippen LogP contribution in [0, 0.1) is 0 Å². The molecule has 3 N–H and O–H groups in total. The number of aliphatic hydroxyl groups is 3. The molecular formula is C46H60O10. The molecule has 5 aromatic rings. The third kappa shape index (κ3) is 15.7. The fraction of sp³-hybridized carbons (Fsp3) is 0.348. The van der Waals surface area contributed by atoms with E-state index in [-0.39, 0.29) is 6.10 Å². The monoisotopic (exact) mass is 772 g/mol. The maximum Gasteiger partial charge on any atom is 0.231 e. The topological polar surface area (TPSA) is 125 Å². The molecular weight excluding hydrogens is 712 g/mol. The fourth-order valence-electron chi connectivity index (χ4n) is 4.99. The molecule has 56 heavy (non-hydrogen) atoms. The van der Waals surface area contributed by atoms with Crippen LogP contribution in [0.1, 0.15) is 80.7 Å². The van der Waals surface area contributed by atoms with Crippen molar-refractivity contribution in [3.8, 4) is 40.2 Å². The van der Waals surface area contributed by atoms with Crippen molar-refractivity contribution >= 4 is 0 Å². The van der Waals surface area contributed by atoms with Gasteiger partial charge in [-0.15, -0.1) is 0 Å². The van der Waals surface area contributed by atoms with Crippen molar-refractivity contribution in [3.05, 3.63) is 137 Å². The predicted octanol–water partition coefficient (Wildman–Crippen LogP) is 9.49. The Labute approximate surface area is 333 Å². The maximum absolute atomic E-state index is 9.31. The van der Waals surface area contributed by atoms with Crippen LogP contribution in [-0.4, -0.2) is 57.7 Å². The van der Waals surface area contributed by atoms with E-state index in [1.165, 1.54) is 11.1 Å². The molecule has 3 unspecified atom stereocenters. The van der Waals surface area contributed by atoms with Gasteiger partial charge < -0.3 is 48.5 Å². The van der Waals surface area contributed by atoms with Gasteiger partial charge in [0.15, 0.2) is 34.5 Å². The number of aliphatic hydroxyl groups excluding tert-OH is 3. The second kappa shape index (κ2) is 25.6. The SMILES string of the molecule is CC(O)c1ccccc1.CCc1ccc(OC)c(OC)c1.CCc1ccc2c(c1)OCO2.COc1ccc(C(C)O)cc1.COc1ccc(C(C)O)cc1OC. The van der Waals surface area contributed by atoms with Crippen molar-refractivity contribution in [2.75, 3.05) is 42.3 Å². The first-order valence-corrected chi connectivity index (χ1v) is 18.5. The van der Waals surface area contributed by atoms with Crippen LogP contribution < -0.4 is 33.2 Å². The van der Waals surface area contributed by atoms with Crippen molar-refractivity contribution in [2.45, 2.75) is 65.8 Å². The van der Waals surface area contributed by atoms with Gasteiger partial charge in [0.2, 0.25) is 6.79 Å². The third-order valence-corrected chi connectivity index (χ3v) is 8.47. The molecule has 1 aliphatic heterocycles. The van der Waals surface area contributed by atoms with Crippen LogP contribution in [0.25, 0.3) is 0 Å². The Bertz CT molecular complexity index is 1810. The van der Waals surface area contributed by atoms with Crippen LogP contribution in [-0.2, 0) is 12.8 Å². The highest BCUT2D eigenvalue weighted by Gasteiger charge is 2.12. The quantitative estimate of drug-likeness (QED) is 0.126. The zero-order valence-corrected chi connectivity index (χ0v) is 34.4. The first-order valence-electron chi connectivity index (χ1n) is 18.5. The average Bonchev–Trinajstić information content (AvgIpc) is 3.72. The number of ether oxygens (including phenoxy) is 7. The van der Waals surface area contributed by atoms with Crippen molar-refractivity contribution in [1.82, 2.24) is 0 Å². The minimum absolute atomic E-state index is 0.341. The highest BCUT2D eigenvalue weighted by atomic mass is 16.7. The molecule has 0 fully saturated rings. The first kappa shape index (κ1) is 46.7.